The summed E-state index contributed by atoms with van der Waals surface area (Å²) in [4.78, 5) is 25.2. The maximum Gasteiger partial charge on any atom is 0.249 e. The summed E-state index contributed by atoms with van der Waals surface area (Å²) in [5, 5.41) is 3.13. The third-order valence-electron chi connectivity index (χ3n) is 4.01. The summed E-state index contributed by atoms with van der Waals surface area (Å²) in [6.07, 6.45) is 0. The number of sulfonamides is 1. The first-order valence-corrected chi connectivity index (χ1v) is 9.03. The van der Waals surface area contributed by atoms with E-state index in [2.05, 4.69) is 5.32 Å². The third-order valence-corrected chi connectivity index (χ3v) is 5.81. The topological polar surface area (TPSA) is 113 Å². The number of amides is 2. The van der Waals surface area contributed by atoms with Gasteiger partial charge in [0.25, 0.3) is 0 Å². The van der Waals surface area contributed by atoms with Gasteiger partial charge in [0.05, 0.1) is 11.4 Å². The second kappa shape index (κ2) is 8.61. The number of carbonyl (C=O) groups is 2. The molecule has 0 bridgehead atoms. The van der Waals surface area contributed by atoms with Crippen molar-refractivity contribution in [3.05, 3.63) is 29.3 Å². The molecule has 1 aliphatic heterocycles. The van der Waals surface area contributed by atoms with Crippen LogP contribution in [0.15, 0.2) is 23.1 Å². The van der Waals surface area contributed by atoms with E-state index >= 15 is 0 Å². The largest absolute Gasteiger partial charge is 0.366 e. The van der Waals surface area contributed by atoms with Crippen LogP contribution in [-0.2, 0) is 14.8 Å². The van der Waals surface area contributed by atoms with Crippen LogP contribution in [0, 0.1) is 6.92 Å². The summed E-state index contributed by atoms with van der Waals surface area (Å²) in [6.45, 7) is 3.94. The van der Waals surface area contributed by atoms with Crippen LogP contribution >= 0.6 is 12.4 Å². The fourth-order valence-electron chi connectivity index (χ4n) is 2.50. The van der Waals surface area contributed by atoms with Crippen molar-refractivity contribution < 1.29 is 18.0 Å². The molecule has 1 aromatic carbocycles. The minimum absolute atomic E-state index is 0. The highest BCUT2D eigenvalue weighted by Gasteiger charge is 2.26. The van der Waals surface area contributed by atoms with Gasteiger partial charge in [-0.1, -0.05) is 6.07 Å². The zero-order chi connectivity index (χ0) is 17.9. The van der Waals surface area contributed by atoms with Crippen LogP contribution in [0.5, 0.6) is 0 Å². The van der Waals surface area contributed by atoms with Gasteiger partial charge in [0, 0.05) is 38.8 Å². The average molecular weight is 391 g/mol. The number of hydrogen-bond acceptors (Lipinski definition) is 5. The molecule has 2 rings (SSSR count). The predicted molar refractivity (Wildman–Crippen MR) is 96.2 cm³/mol. The zero-order valence-corrected chi connectivity index (χ0v) is 15.8. The van der Waals surface area contributed by atoms with E-state index in [1.165, 1.54) is 25.2 Å². The van der Waals surface area contributed by atoms with Crippen LogP contribution < -0.4 is 11.1 Å². The van der Waals surface area contributed by atoms with Crippen LogP contribution in [0.2, 0.25) is 0 Å². The first kappa shape index (κ1) is 21.4. The zero-order valence-electron chi connectivity index (χ0n) is 14.2. The normalized spacial score (nSPS) is 14.9. The average Bonchev–Trinajstić information content (AvgIpc) is 2.55. The van der Waals surface area contributed by atoms with Crippen molar-refractivity contribution in [2.24, 2.45) is 5.73 Å². The smallest absolute Gasteiger partial charge is 0.249 e. The summed E-state index contributed by atoms with van der Waals surface area (Å²) >= 11 is 0. The Hall–Kier alpha value is -1.68. The number of nitrogens with two attached hydrogens (primary N) is 1. The molecule has 25 heavy (non-hydrogen) atoms. The number of carbonyl (C=O) groups excluding carboxylic acids is 2. The van der Waals surface area contributed by atoms with Gasteiger partial charge in [0.15, 0.2) is 0 Å². The van der Waals surface area contributed by atoms with Crippen LogP contribution in [0.25, 0.3) is 0 Å². The molecule has 0 atom stereocenters. The second-order valence-electron chi connectivity index (χ2n) is 5.73. The summed E-state index contributed by atoms with van der Waals surface area (Å²) < 4.78 is 26.2. The van der Waals surface area contributed by atoms with Crippen molar-refractivity contribution in [3.8, 4) is 0 Å². The lowest BCUT2D eigenvalue weighted by Crippen LogP contribution is -2.49. The number of nitrogens with zero attached hydrogens (tertiary/aromatic N) is 2. The Kier molecular flexibility index (Phi) is 7.36. The van der Waals surface area contributed by atoms with Crippen molar-refractivity contribution in [1.29, 1.82) is 0 Å². The lowest BCUT2D eigenvalue weighted by molar-refractivity contribution is -0.131. The lowest BCUT2D eigenvalue weighted by atomic mass is 10.1. The Morgan fingerprint density at radius 3 is 2.44 bits per heavy atom. The molecule has 1 saturated heterocycles. The van der Waals surface area contributed by atoms with E-state index in [1.54, 1.807) is 11.8 Å². The van der Waals surface area contributed by atoms with Gasteiger partial charge in [-0.2, -0.15) is 4.31 Å². The summed E-state index contributed by atoms with van der Waals surface area (Å²) in [7, 11) is -2.54. The molecular weight excluding hydrogens is 368 g/mol. The van der Waals surface area contributed by atoms with Gasteiger partial charge in [-0.05, 0) is 24.6 Å². The fourth-order valence-corrected chi connectivity index (χ4v) is 3.64. The van der Waals surface area contributed by atoms with E-state index in [4.69, 9.17) is 5.73 Å². The number of rotatable bonds is 5. The number of likely N-dealkylation sites (N-methyl/N-ethyl adjacent to an activating group) is 1. The van der Waals surface area contributed by atoms with Crippen LogP contribution in [0.4, 0.5) is 0 Å². The Morgan fingerprint density at radius 1 is 1.28 bits per heavy atom. The quantitative estimate of drug-likeness (QED) is 0.708. The standard InChI is InChI=1S/C15H22N4O4S.ClH/c1-11-3-4-12(9-13(11)15(16)21)24(22,23)18(2)10-14(20)19-7-5-17-6-8-19;/h3-4,9,17H,5-8,10H2,1-2H3,(H2,16,21);1H. The van der Waals surface area contributed by atoms with Gasteiger partial charge < -0.3 is 16.0 Å². The van der Waals surface area contributed by atoms with Gasteiger partial charge in [-0.3, -0.25) is 9.59 Å². The minimum atomic E-state index is -3.88. The molecule has 0 unspecified atom stereocenters. The maximum absolute atomic E-state index is 12.6. The molecule has 1 fully saturated rings. The van der Waals surface area contributed by atoms with E-state index in [0.717, 1.165) is 4.31 Å². The molecular formula is C15H23ClN4O4S. The molecule has 2 amide bonds. The molecule has 0 aromatic heterocycles. The fraction of sp³-hybridized carbons (Fsp3) is 0.467. The molecule has 1 heterocycles. The molecule has 0 spiro atoms. The first-order chi connectivity index (χ1) is 11.2. The molecule has 1 aliphatic rings. The van der Waals surface area contributed by atoms with Gasteiger partial charge in [-0.15, -0.1) is 12.4 Å². The van der Waals surface area contributed by atoms with Crippen molar-refractivity contribution in [1.82, 2.24) is 14.5 Å². The predicted octanol–water partition coefficient (Wildman–Crippen LogP) is -0.432. The molecule has 0 aliphatic carbocycles. The molecule has 8 nitrogen and oxygen atoms in total. The van der Waals surface area contributed by atoms with E-state index in [0.29, 0.717) is 31.7 Å². The van der Waals surface area contributed by atoms with Crippen LogP contribution in [0.3, 0.4) is 0 Å². The van der Waals surface area contributed by atoms with E-state index in [-0.39, 0.29) is 35.3 Å². The highest BCUT2D eigenvalue weighted by atomic mass is 35.5. The highest BCUT2D eigenvalue weighted by Crippen LogP contribution is 2.18. The monoisotopic (exact) mass is 390 g/mol. The van der Waals surface area contributed by atoms with E-state index in [9.17, 15) is 18.0 Å². The number of benzene rings is 1. The number of primary amides is 1. The molecule has 3 N–H and O–H groups in total. The van der Waals surface area contributed by atoms with E-state index in [1.807, 2.05) is 0 Å². The maximum atomic E-state index is 12.6. The Labute approximate surface area is 153 Å². The molecule has 1 aromatic rings. The summed E-state index contributed by atoms with van der Waals surface area (Å²) in [5.74, 6) is -0.936. The van der Waals surface area contributed by atoms with Gasteiger partial charge in [-0.25, -0.2) is 8.42 Å². The minimum Gasteiger partial charge on any atom is -0.366 e. The molecule has 140 valence electrons. The number of halogens is 1. The van der Waals surface area contributed by atoms with Gasteiger partial charge in [0.2, 0.25) is 21.8 Å². The second-order valence-corrected chi connectivity index (χ2v) is 7.78. The lowest BCUT2D eigenvalue weighted by Gasteiger charge is -2.29. The van der Waals surface area contributed by atoms with Crippen molar-refractivity contribution in [2.45, 2.75) is 11.8 Å². The van der Waals surface area contributed by atoms with E-state index < -0.39 is 15.9 Å². The number of aryl methyl sites for hydroxylation is 1. The number of piperazine rings is 1. The van der Waals surface area contributed by atoms with Gasteiger partial charge in [0.1, 0.15) is 0 Å². The Balaban J connectivity index is 0.00000312. The number of nitrogens with one attached hydrogen (secondary N) is 1. The van der Waals surface area contributed by atoms with Crippen molar-refractivity contribution in [3.63, 3.8) is 0 Å². The third kappa shape index (κ3) is 4.91. The van der Waals surface area contributed by atoms with Crippen molar-refractivity contribution in [2.75, 3.05) is 39.8 Å². The number of hydrogen-bond donors (Lipinski definition) is 2. The van der Waals surface area contributed by atoms with Crippen LogP contribution in [0.1, 0.15) is 15.9 Å². The molecule has 0 saturated carbocycles. The van der Waals surface area contributed by atoms with Gasteiger partial charge >= 0.3 is 0 Å². The molecule has 0 radical (unpaired) electrons. The SMILES string of the molecule is Cc1ccc(S(=O)(=O)N(C)CC(=O)N2CCNCC2)cc1C(N)=O.Cl. The Bertz CT molecular complexity index is 748. The Morgan fingerprint density at radius 2 is 1.88 bits per heavy atom. The first-order valence-electron chi connectivity index (χ1n) is 7.59. The highest BCUT2D eigenvalue weighted by molar-refractivity contribution is 7.89. The summed E-state index contributed by atoms with van der Waals surface area (Å²) in [6, 6.07) is 4.18. The summed E-state index contributed by atoms with van der Waals surface area (Å²) in [5.41, 5.74) is 6.02. The molecule has 10 heteroatoms. The van der Waals surface area contributed by atoms with Crippen LogP contribution in [-0.4, -0.2) is 69.2 Å². The van der Waals surface area contributed by atoms with Crippen molar-refractivity contribution >= 4 is 34.2 Å².